The molecule has 0 unspecified atom stereocenters. The van der Waals surface area contributed by atoms with E-state index in [-0.39, 0.29) is 0 Å². The third-order valence-electron chi connectivity index (χ3n) is 1.41. The quantitative estimate of drug-likeness (QED) is 0.576. The van der Waals surface area contributed by atoms with E-state index in [1.807, 2.05) is 13.0 Å². The van der Waals surface area contributed by atoms with Crippen LogP contribution in [0.1, 0.15) is 20.3 Å². The maximum Gasteiger partial charge on any atom is 0.119 e. The molecule has 2 heteroatoms. The van der Waals surface area contributed by atoms with Gasteiger partial charge >= 0.3 is 0 Å². The fourth-order valence-corrected chi connectivity index (χ4v) is 0.812. The monoisotopic (exact) mass is 125 g/mol. The average molecular weight is 125 g/mol. The summed E-state index contributed by atoms with van der Waals surface area (Å²) in [5, 5.41) is 0. The molecule has 0 aromatic heterocycles. The second-order valence-corrected chi connectivity index (χ2v) is 2.03. The lowest BCUT2D eigenvalue weighted by atomic mass is 10.1. The first kappa shape index (κ1) is 6.20. The normalized spacial score (nSPS) is 17.1. The van der Waals surface area contributed by atoms with Gasteiger partial charge in [0, 0.05) is 5.70 Å². The van der Waals surface area contributed by atoms with Crippen molar-refractivity contribution in [2.75, 3.05) is 0 Å². The molecule has 1 N–H and O–H groups in total. The summed E-state index contributed by atoms with van der Waals surface area (Å²) in [5.74, 6) is 0. The molecule has 50 valence electrons. The minimum absolute atomic E-state index is 1.05. The molecular weight excluding hydrogens is 114 g/mol. The Balaban J connectivity index is 2.72. The van der Waals surface area contributed by atoms with Crippen LogP contribution in [0.3, 0.4) is 0 Å². The van der Waals surface area contributed by atoms with Gasteiger partial charge in [-0.1, -0.05) is 6.92 Å². The van der Waals surface area contributed by atoms with E-state index in [9.17, 15) is 0 Å². The number of nitrogens with one attached hydrogen (secondary N) is 1. The van der Waals surface area contributed by atoms with E-state index in [0.29, 0.717) is 0 Å². The summed E-state index contributed by atoms with van der Waals surface area (Å²) in [5.41, 5.74) is 5.19. The maximum atomic E-state index is 4.83. The first-order chi connectivity index (χ1) is 4.34. The third-order valence-corrected chi connectivity index (χ3v) is 1.41. The highest BCUT2D eigenvalue weighted by Crippen LogP contribution is 2.10. The lowest BCUT2D eigenvalue weighted by Gasteiger charge is -2.12. The smallest absolute Gasteiger partial charge is 0.119 e. The van der Waals surface area contributed by atoms with E-state index in [2.05, 4.69) is 12.4 Å². The van der Waals surface area contributed by atoms with E-state index in [0.717, 1.165) is 12.1 Å². The van der Waals surface area contributed by atoms with Crippen molar-refractivity contribution in [1.29, 1.82) is 0 Å². The van der Waals surface area contributed by atoms with Crippen molar-refractivity contribution in [3.8, 4) is 0 Å². The topological polar surface area (TPSA) is 21.3 Å². The first-order valence-corrected chi connectivity index (χ1v) is 3.12. The molecule has 1 rings (SSSR count). The van der Waals surface area contributed by atoms with Gasteiger partial charge in [0.2, 0.25) is 0 Å². The van der Waals surface area contributed by atoms with Crippen LogP contribution in [0.15, 0.2) is 23.6 Å². The molecule has 0 fully saturated rings. The first-order valence-electron chi connectivity index (χ1n) is 3.12. The molecule has 0 atom stereocenters. The van der Waals surface area contributed by atoms with Gasteiger partial charge in [-0.15, -0.1) is 0 Å². The van der Waals surface area contributed by atoms with E-state index in [1.54, 1.807) is 6.26 Å². The van der Waals surface area contributed by atoms with Crippen LogP contribution in [0.4, 0.5) is 0 Å². The third kappa shape index (κ3) is 1.25. The van der Waals surface area contributed by atoms with Crippen LogP contribution >= 0.6 is 0 Å². The second-order valence-electron chi connectivity index (χ2n) is 2.03. The van der Waals surface area contributed by atoms with Crippen molar-refractivity contribution in [1.82, 2.24) is 5.48 Å². The summed E-state index contributed by atoms with van der Waals surface area (Å²) in [6.45, 7) is 4.12. The van der Waals surface area contributed by atoms with Gasteiger partial charge in [-0.05, 0) is 25.0 Å². The Kier molecular flexibility index (Phi) is 1.78. The van der Waals surface area contributed by atoms with Gasteiger partial charge in [0.05, 0.1) is 0 Å². The molecular formula is C7H11NO. The Morgan fingerprint density at radius 2 is 2.44 bits per heavy atom. The molecule has 0 aliphatic carbocycles. The highest BCUT2D eigenvalue weighted by molar-refractivity contribution is 5.23. The van der Waals surface area contributed by atoms with Crippen molar-refractivity contribution < 1.29 is 4.84 Å². The van der Waals surface area contributed by atoms with Gasteiger partial charge < -0.3 is 4.84 Å². The van der Waals surface area contributed by atoms with Gasteiger partial charge in [-0.25, -0.2) is 5.48 Å². The number of allylic oxidation sites excluding steroid dienone is 3. The van der Waals surface area contributed by atoms with Crippen LogP contribution in [-0.4, -0.2) is 0 Å². The lowest BCUT2D eigenvalue weighted by molar-refractivity contribution is 0.158. The lowest BCUT2D eigenvalue weighted by Crippen LogP contribution is -2.13. The van der Waals surface area contributed by atoms with E-state index < -0.39 is 0 Å². The van der Waals surface area contributed by atoms with Crippen molar-refractivity contribution in [3.05, 3.63) is 23.6 Å². The van der Waals surface area contributed by atoms with Gasteiger partial charge in [-0.2, -0.15) is 0 Å². The van der Waals surface area contributed by atoms with Crippen molar-refractivity contribution in [3.63, 3.8) is 0 Å². The van der Waals surface area contributed by atoms with Crippen LogP contribution in [0, 0.1) is 0 Å². The van der Waals surface area contributed by atoms with Crippen molar-refractivity contribution in [2.45, 2.75) is 20.3 Å². The largest absolute Gasteiger partial charge is 0.390 e. The van der Waals surface area contributed by atoms with Gasteiger partial charge in [-0.3, -0.25) is 0 Å². The standard InChI is InChI=1S/C7H11NO/c1-3-7-4-5-9-8-6(7)2/h4-5,8H,3H2,1-2H3. The maximum absolute atomic E-state index is 4.83. The summed E-state index contributed by atoms with van der Waals surface area (Å²) in [4.78, 5) is 4.83. The highest BCUT2D eigenvalue weighted by Gasteiger charge is 1.99. The Morgan fingerprint density at radius 1 is 1.67 bits per heavy atom. The Labute approximate surface area is 55.2 Å². The fourth-order valence-electron chi connectivity index (χ4n) is 0.812. The Morgan fingerprint density at radius 3 is 2.89 bits per heavy atom. The predicted octanol–water partition coefficient (Wildman–Crippen LogP) is 1.72. The molecule has 0 aromatic rings. The average Bonchev–Trinajstić information content (AvgIpc) is 1.89. The molecule has 0 radical (unpaired) electrons. The second kappa shape index (κ2) is 2.58. The fraction of sp³-hybridized carbons (Fsp3) is 0.429. The van der Waals surface area contributed by atoms with E-state index in [1.165, 1.54) is 5.57 Å². The zero-order valence-corrected chi connectivity index (χ0v) is 5.77. The predicted molar refractivity (Wildman–Crippen MR) is 36.4 cm³/mol. The molecule has 1 aliphatic rings. The number of hydroxylamine groups is 1. The molecule has 1 heterocycles. The number of hydrogen-bond acceptors (Lipinski definition) is 2. The Hall–Kier alpha value is -0.920. The summed E-state index contributed by atoms with van der Waals surface area (Å²) in [6, 6.07) is 0. The van der Waals surface area contributed by atoms with Crippen LogP contribution in [0.25, 0.3) is 0 Å². The molecule has 0 bridgehead atoms. The van der Waals surface area contributed by atoms with Gasteiger partial charge in [0.15, 0.2) is 0 Å². The molecule has 0 saturated carbocycles. The van der Waals surface area contributed by atoms with Crippen LogP contribution in [-0.2, 0) is 4.84 Å². The molecule has 2 nitrogen and oxygen atoms in total. The van der Waals surface area contributed by atoms with Gasteiger partial charge in [0.1, 0.15) is 6.26 Å². The zero-order valence-electron chi connectivity index (χ0n) is 5.77. The number of rotatable bonds is 1. The highest BCUT2D eigenvalue weighted by atomic mass is 16.6. The molecule has 1 aliphatic heterocycles. The molecule has 9 heavy (non-hydrogen) atoms. The Bertz CT molecular complexity index is 158. The summed E-state index contributed by atoms with van der Waals surface area (Å²) in [7, 11) is 0. The minimum atomic E-state index is 1.05. The van der Waals surface area contributed by atoms with Crippen molar-refractivity contribution in [2.24, 2.45) is 0 Å². The zero-order chi connectivity index (χ0) is 6.69. The molecule has 0 aromatic carbocycles. The SMILES string of the molecule is CCC1=C(C)NOC=C1. The number of hydrogen-bond donors (Lipinski definition) is 1. The summed E-state index contributed by atoms with van der Waals surface area (Å²) < 4.78 is 0. The molecule has 0 saturated heterocycles. The van der Waals surface area contributed by atoms with Gasteiger partial charge in [0.25, 0.3) is 0 Å². The van der Waals surface area contributed by atoms with E-state index in [4.69, 9.17) is 4.84 Å². The summed E-state index contributed by atoms with van der Waals surface area (Å²) in [6.07, 6.45) is 4.69. The van der Waals surface area contributed by atoms with Crippen molar-refractivity contribution >= 4 is 0 Å². The summed E-state index contributed by atoms with van der Waals surface area (Å²) >= 11 is 0. The van der Waals surface area contributed by atoms with Crippen LogP contribution < -0.4 is 5.48 Å². The van der Waals surface area contributed by atoms with Crippen LogP contribution in [0.5, 0.6) is 0 Å². The molecule has 0 amide bonds. The van der Waals surface area contributed by atoms with Crippen LogP contribution in [0.2, 0.25) is 0 Å². The molecule has 0 spiro atoms. The van der Waals surface area contributed by atoms with E-state index >= 15 is 0 Å². The minimum Gasteiger partial charge on any atom is -0.390 e.